The van der Waals surface area contributed by atoms with E-state index in [1.807, 2.05) is 31.2 Å². The number of nitrogens with one attached hydrogen (secondary N) is 2. The maximum atomic E-state index is 12.6. The van der Waals surface area contributed by atoms with E-state index < -0.39 is 0 Å². The van der Waals surface area contributed by atoms with Gasteiger partial charge in [0.15, 0.2) is 0 Å². The Balaban J connectivity index is 1.52. The lowest BCUT2D eigenvalue weighted by Gasteiger charge is -2.13. The smallest absolute Gasteiger partial charge is 0.262 e. The number of para-hydroxylation sites is 1. The van der Waals surface area contributed by atoms with Crippen LogP contribution in [0.5, 0.6) is 0 Å². The van der Waals surface area contributed by atoms with Crippen molar-refractivity contribution in [2.45, 2.75) is 33.2 Å². The van der Waals surface area contributed by atoms with Crippen molar-refractivity contribution in [2.24, 2.45) is 0 Å². The summed E-state index contributed by atoms with van der Waals surface area (Å²) in [5.41, 5.74) is 8.63. The summed E-state index contributed by atoms with van der Waals surface area (Å²) in [6, 6.07) is 13.1. The minimum absolute atomic E-state index is 0.148. The molecular formula is C22H22N4O3. The summed E-state index contributed by atoms with van der Waals surface area (Å²) in [6.45, 7) is 4.37. The summed E-state index contributed by atoms with van der Waals surface area (Å²) in [4.78, 5) is 29.6. The zero-order chi connectivity index (χ0) is 20.4. The number of fused-ring (bicyclic) bond motifs is 2. The second-order valence-corrected chi connectivity index (χ2v) is 6.80. The summed E-state index contributed by atoms with van der Waals surface area (Å²) < 4.78 is 7.09. The van der Waals surface area contributed by atoms with Crippen LogP contribution in [0.4, 0.5) is 5.95 Å². The van der Waals surface area contributed by atoms with Crippen LogP contribution in [0, 0.1) is 0 Å². The van der Waals surface area contributed by atoms with Crippen molar-refractivity contribution in [1.82, 2.24) is 15.0 Å². The number of rotatable bonds is 6. The summed E-state index contributed by atoms with van der Waals surface area (Å²) in [6.07, 6.45) is 2.68. The van der Waals surface area contributed by atoms with Crippen LogP contribution < -0.4 is 16.4 Å². The van der Waals surface area contributed by atoms with E-state index in [1.54, 1.807) is 24.5 Å². The molecule has 7 heteroatoms. The molecule has 2 heterocycles. The lowest BCUT2D eigenvalue weighted by Crippen LogP contribution is -2.35. The zero-order valence-electron chi connectivity index (χ0n) is 16.4. The zero-order valence-corrected chi connectivity index (χ0v) is 16.4. The van der Waals surface area contributed by atoms with Gasteiger partial charge in [-0.15, -0.1) is 0 Å². The Morgan fingerprint density at radius 2 is 1.97 bits per heavy atom. The van der Waals surface area contributed by atoms with Crippen molar-refractivity contribution in [2.75, 3.05) is 5.43 Å². The highest BCUT2D eigenvalue weighted by molar-refractivity contribution is 5.88. The van der Waals surface area contributed by atoms with Gasteiger partial charge < -0.3 is 4.42 Å². The van der Waals surface area contributed by atoms with Crippen LogP contribution in [0.25, 0.3) is 21.9 Å². The maximum absolute atomic E-state index is 12.6. The van der Waals surface area contributed by atoms with Gasteiger partial charge in [0.2, 0.25) is 11.9 Å². The monoisotopic (exact) mass is 390 g/mol. The molecule has 4 aromatic rings. The number of furan rings is 1. The molecule has 0 saturated heterocycles. The minimum Gasteiger partial charge on any atom is -0.464 e. The van der Waals surface area contributed by atoms with Crippen LogP contribution in [0.15, 0.2) is 57.9 Å². The number of anilines is 1. The Morgan fingerprint density at radius 1 is 1.14 bits per heavy atom. The first-order chi connectivity index (χ1) is 14.1. The highest BCUT2D eigenvalue weighted by Gasteiger charge is 2.13. The van der Waals surface area contributed by atoms with Crippen LogP contribution in [0.1, 0.15) is 25.0 Å². The largest absolute Gasteiger partial charge is 0.464 e. The quantitative estimate of drug-likeness (QED) is 0.493. The molecule has 0 aliphatic heterocycles. The van der Waals surface area contributed by atoms with Gasteiger partial charge in [-0.25, -0.2) is 4.98 Å². The number of carbonyl (C=O) groups excluding carboxylic acids is 1. The van der Waals surface area contributed by atoms with Gasteiger partial charge in [-0.1, -0.05) is 31.2 Å². The van der Waals surface area contributed by atoms with Crippen LogP contribution in [0.2, 0.25) is 0 Å². The van der Waals surface area contributed by atoms with E-state index >= 15 is 0 Å². The van der Waals surface area contributed by atoms with E-state index in [-0.39, 0.29) is 17.9 Å². The third-order valence-corrected chi connectivity index (χ3v) is 4.97. The van der Waals surface area contributed by atoms with Gasteiger partial charge in [-0.05, 0) is 37.1 Å². The van der Waals surface area contributed by atoms with Gasteiger partial charge >= 0.3 is 0 Å². The van der Waals surface area contributed by atoms with E-state index in [2.05, 4.69) is 22.8 Å². The number of hydrogen-bond acceptors (Lipinski definition) is 5. The summed E-state index contributed by atoms with van der Waals surface area (Å²) in [5.74, 6) is 0.0477. The molecule has 0 unspecified atom stereocenters. The predicted molar refractivity (Wildman–Crippen MR) is 113 cm³/mol. The Labute approximate surface area is 167 Å². The summed E-state index contributed by atoms with van der Waals surface area (Å²) >= 11 is 0. The number of benzene rings is 2. The molecule has 0 atom stereocenters. The molecule has 1 amide bonds. The number of nitrogens with zero attached hydrogens (tertiary/aromatic N) is 2. The fraction of sp³-hybridized carbons (Fsp3) is 0.227. The molecule has 0 aliphatic carbocycles. The average molecular weight is 390 g/mol. The normalized spacial score (nSPS) is 11.1. The van der Waals surface area contributed by atoms with Gasteiger partial charge in [0.05, 0.1) is 23.6 Å². The van der Waals surface area contributed by atoms with E-state index in [0.29, 0.717) is 23.4 Å². The Kier molecular flexibility index (Phi) is 5.03. The minimum atomic E-state index is -0.252. The van der Waals surface area contributed by atoms with Crippen LogP contribution >= 0.6 is 0 Å². The molecule has 0 aliphatic rings. The molecule has 0 bridgehead atoms. The fourth-order valence-corrected chi connectivity index (χ4v) is 3.38. The van der Waals surface area contributed by atoms with Crippen LogP contribution in [-0.2, 0) is 24.2 Å². The number of carbonyl (C=O) groups is 1. The van der Waals surface area contributed by atoms with Gasteiger partial charge in [0.1, 0.15) is 5.58 Å². The molecular weight excluding hydrogens is 368 g/mol. The first-order valence-corrected chi connectivity index (χ1v) is 9.64. The topological polar surface area (TPSA) is 89.2 Å². The SMILES string of the molecule is CCc1ccc2c(CC(=O)NNc3nc4ccccc4c(=O)n3CC)coc2c1. The number of hydrazine groups is 1. The van der Waals surface area contributed by atoms with Gasteiger partial charge in [-0.2, -0.15) is 0 Å². The molecule has 4 rings (SSSR count). The van der Waals surface area contributed by atoms with Crippen LogP contribution in [-0.4, -0.2) is 15.5 Å². The Morgan fingerprint density at radius 3 is 2.76 bits per heavy atom. The molecule has 0 radical (unpaired) electrons. The molecule has 0 fully saturated rings. The van der Waals surface area contributed by atoms with E-state index in [9.17, 15) is 9.59 Å². The second kappa shape index (κ2) is 7.79. The van der Waals surface area contributed by atoms with Crippen molar-refractivity contribution >= 4 is 33.7 Å². The highest BCUT2D eigenvalue weighted by Crippen LogP contribution is 2.23. The fourth-order valence-electron chi connectivity index (χ4n) is 3.38. The average Bonchev–Trinajstić information content (AvgIpc) is 3.14. The number of hydrogen-bond donors (Lipinski definition) is 2. The van der Waals surface area contributed by atoms with Crippen molar-refractivity contribution in [3.8, 4) is 0 Å². The molecule has 2 N–H and O–H groups in total. The first kappa shape index (κ1) is 18.7. The second-order valence-electron chi connectivity index (χ2n) is 6.80. The van der Waals surface area contributed by atoms with Crippen molar-refractivity contribution < 1.29 is 9.21 Å². The molecule has 2 aromatic carbocycles. The summed E-state index contributed by atoms with van der Waals surface area (Å²) in [7, 11) is 0. The van der Waals surface area contributed by atoms with Crippen molar-refractivity contribution in [3.63, 3.8) is 0 Å². The Bertz CT molecular complexity index is 1260. The van der Waals surface area contributed by atoms with Gasteiger partial charge in [0.25, 0.3) is 5.56 Å². The first-order valence-electron chi connectivity index (χ1n) is 9.64. The lowest BCUT2D eigenvalue weighted by atomic mass is 10.1. The molecule has 148 valence electrons. The standard InChI is InChI=1S/C22H22N4O3/c1-3-14-9-10-16-15(13-29-19(16)11-14)12-20(27)24-25-22-23-18-8-6-5-7-17(18)21(28)26(22)4-2/h5-11,13H,3-4,12H2,1-2H3,(H,23,25)(H,24,27). The maximum Gasteiger partial charge on any atom is 0.262 e. The molecule has 29 heavy (non-hydrogen) atoms. The van der Waals surface area contributed by atoms with E-state index in [1.165, 1.54) is 10.1 Å². The lowest BCUT2D eigenvalue weighted by molar-refractivity contribution is -0.119. The van der Waals surface area contributed by atoms with Gasteiger partial charge in [-0.3, -0.25) is 25.0 Å². The molecule has 7 nitrogen and oxygen atoms in total. The van der Waals surface area contributed by atoms with Gasteiger partial charge in [0, 0.05) is 17.5 Å². The predicted octanol–water partition coefficient (Wildman–Crippen LogP) is 3.41. The van der Waals surface area contributed by atoms with E-state index in [4.69, 9.17) is 4.42 Å². The van der Waals surface area contributed by atoms with Crippen molar-refractivity contribution in [3.05, 3.63) is 70.2 Å². The third kappa shape index (κ3) is 3.59. The molecule has 2 aromatic heterocycles. The third-order valence-electron chi connectivity index (χ3n) is 4.97. The van der Waals surface area contributed by atoms with Crippen LogP contribution in [0.3, 0.4) is 0 Å². The number of aromatic nitrogens is 2. The number of aryl methyl sites for hydroxylation is 1. The molecule has 0 saturated carbocycles. The molecule has 0 spiro atoms. The number of amides is 1. The Hall–Kier alpha value is -3.61. The highest BCUT2D eigenvalue weighted by atomic mass is 16.3. The van der Waals surface area contributed by atoms with E-state index in [0.717, 1.165) is 23.0 Å². The summed E-state index contributed by atoms with van der Waals surface area (Å²) in [5, 5.41) is 1.47. The van der Waals surface area contributed by atoms with Crippen molar-refractivity contribution in [1.29, 1.82) is 0 Å².